The third-order valence-corrected chi connectivity index (χ3v) is 5.75. The Morgan fingerprint density at radius 1 is 1.43 bits per heavy atom. The van der Waals surface area contributed by atoms with E-state index in [2.05, 4.69) is 52.4 Å². The molecule has 1 N–H and O–H groups in total. The highest BCUT2D eigenvalue weighted by Gasteiger charge is 2.56. The number of rotatable bonds is 6. The minimum Gasteiger partial charge on any atom is -0.356 e. The van der Waals surface area contributed by atoms with Gasteiger partial charge in [-0.3, -0.25) is 4.79 Å². The lowest BCUT2D eigenvalue weighted by Gasteiger charge is -2.14. The van der Waals surface area contributed by atoms with E-state index in [1.54, 1.807) is 0 Å². The minimum absolute atomic E-state index is 0.232. The summed E-state index contributed by atoms with van der Waals surface area (Å²) in [5.41, 5.74) is 2.89. The predicted octanol–water partition coefficient (Wildman–Crippen LogP) is 3.89. The van der Waals surface area contributed by atoms with Crippen molar-refractivity contribution in [1.29, 1.82) is 0 Å². The van der Waals surface area contributed by atoms with Gasteiger partial charge in [0.1, 0.15) is 0 Å². The van der Waals surface area contributed by atoms with Crippen LogP contribution in [0, 0.1) is 17.8 Å². The molecule has 1 aromatic rings. The molecule has 4 atom stereocenters. The summed E-state index contributed by atoms with van der Waals surface area (Å²) in [7, 11) is 0. The zero-order valence-corrected chi connectivity index (χ0v) is 14.2. The van der Waals surface area contributed by atoms with E-state index in [0.29, 0.717) is 17.8 Å². The molecular weight excluding hydrogens is 326 g/mol. The van der Waals surface area contributed by atoms with Gasteiger partial charge in [-0.25, -0.2) is 0 Å². The smallest absolute Gasteiger partial charge is 0.224 e. The fourth-order valence-corrected chi connectivity index (χ4v) is 4.54. The van der Waals surface area contributed by atoms with E-state index in [4.69, 9.17) is 0 Å². The van der Waals surface area contributed by atoms with Crippen molar-refractivity contribution < 1.29 is 4.79 Å². The Bertz CT molecular complexity index is 516. The first-order chi connectivity index (χ1) is 10.3. The average Bonchev–Trinajstić information content (AvgIpc) is 3.26. The summed E-state index contributed by atoms with van der Waals surface area (Å²) in [5, 5.41) is 4.23. The number of alkyl halides is 1. The van der Waals surface area contributed by atoms with Gasteiger partial charge >= 0.3 is 0 Å². The quantitative estimate of drug-likeness (QED) is 0.775. The topological polar surface area (TPSA) is 29.1 Å². The Morgan fingerprint density at radius 3 is 3.00 bits per heavy atom. The predicted molar refractivity (Wildman–Crippen MR) is 89.7 cm³/mol. The van der Waals surface area contributed by atoms with E-state index < -0.39 is 0 Å². The summed E-state index contributed by atoms with van der Waals surface area (Å²) < 4.78 is 0. The summed E-state index contributed by atoms with van der Waals surface area (Å²) in [6.07, 6.45) is 4.59. The van der Waals surface area contributed by atoms with Crippen LogP contribution in [0.2, 0.25) is 0 Å². The fraction of sp³-hybridized carbons (Fsp3) is 0.611. The molecule has 114 valence electrons. The third kappa shape index (κ3) is 3.03. The molecule has 0 radical (unpaired) electrons. The summed E-state index contributed by atoms with van der Waals surface area (Å²) in [6.45, 7) is 3.03. The highest BCUT2D eigenvalue weighted by Crippen LogP contribution is 2.59. The Kier molecular flexibility index (Phi) is 4.68. The van der Waals surface area contributed by atoms with E-state index in [1.165, 1.54) is 17.5 Å². The highest BCUT2D eigenvalue weighted by atomic mass is 79.9. The van der Waals surface area contributed by atoms with Gasteiger partial charge in [-0.15, -0.1) is 0 Å². The van der Waals surface area contributed by atoms with Crippen molar-refractivity contribution in [2.75, 3.05) is 11.9 Å². The molecule has 1 fully saturated rings. The van der Waals surface area contributed by atoms with Crippen molar-refractivity contribution in [2.45, 2.75) is 38.5 Å². The van der Waals surface area contributed by atoms with Crippen LogP contribution in [0.25, 0.3) is 0 Å². The molecule has 0 aliphatic heterocycles. The van der Waals surface area contributed by atoms with Gasteiger partial charge in [-0.1, -0.05) is 53.5 Å². The zero-order valence-electron chi connectivity index (χ0n) is 12.6. The Balaban J connectivity index is 1.59. The zero-order chi connectivity index (χ0) is 14.8. The first-order valence-corrected chi connectivity index (χ1v) is 9.29. The maximum atomic E-state index is 12.5. The average molecular weight is 350 g/mol. The standard InChI is InChI=1S/C18H24BrNO/c1-2-12(9-10-19)11-20-18(21)17-15-8-7-13-5-3-4-6-14(13)16(15)17/h3-6,12,15-17H,2,7-11H2,1H3,(H,20,21). The van der Waals surface area contributed by atoms with Gasteiger partial charge in [-0.2, -0.15) is 0 Å². The number of fused-ring (bicyclic) bond motifs is 3. The molecule has 0 aromatic heterocycles. The molecule has 0 spiro atoms. The van der Waals surface area contributed by atoms with Crippen molar-refractivity contribution in [3.63, 3.8) is 0 Å². The second-order valence-corrected chi connectivity index (χ2v) is 7.24. The van der Waals surface area contributed by atoms with Gasteiger partial charge in [0.2, 0.25) is 5.91 Å². The lowest BCUT2D eigenvalue weighted by atomic mass is 9.92. The number of aryl methyl sites for hydroxylation is 1. The number of carbonyl (C=O) groups excluding carboxylic acids is 1. The molecule has 4 unspecified atom stereocenters. The highest BCUT2D eigenvalue weighted by molar-refractivity contribution is 9.09. The summed E-state index contributed by atoms with van der Waals surface area (Å²) in [5.74, 6) is 2.20. The first kappa shape index (κ1) is 15.1. The van der Waals surface area contributed by atoms with Crippen molar-refractivity contribution in [1.82, 2.24) is 5.32 Å². The van der Waals surface area contributed by atoms with Gasteiger partial charge in [-0.05, 0) is 48.1 Å². The number of benzene rings is 1. The van der Waals surface area contributed by atoms with E-state index in [-0.39, 0.29) is 11.8 Å². The second-order valence-electron chi connectivity index (χ2n) is 6.45. The van der Waals surface area contributed by atoms with Crippen LogP contribution in [0.1, 0.15) is 43.2 Å². The van der Waals surface area contributed by atoms with E-state index in [9.17, 15) is 4.79 Å². The SMILES string of the molecule is CCC(CCBr)CNC(=O)C1C2CCc3ccccc3C21. The molecule has 2 aliphatic rings. The van der Waals surface area contributed by atoms with Crippen LogP contribution in [-0.2, 0) is 11.2 Å². The lowest BCUT2D eigenvalue weighted by Crippen LogP contribution is -2.31. The van der Waals surface area contributed by atoms with E-state index >= 15 is 0 Å². The molecule has 1 aromatic carbocycles. The molecule has 0 bridgehead atoms. The molecule has 21 heavy (non-hydrogen) atoms. The maximum absolute atomic E-state index is 12.5. The molecule has 0 heterocycles. The van der Waals surface area contributed by atoms with Crippen LogP contribution >= 0.6 is 15.9 Å². The fourth-order valence-electron chi connectivity index (χ4n) is 3.89. The second kappa shape index (κ2) is 6.51. The minimum atomic E-state index is 0.232. The Morgan fingerprint density at radius 2 is 2.24 bits per heavy atom. The lowest BCUT2D eigenvalue weighted by molar-refractivity contribution is -0.122. The summed E-state index contributed by atoms with van der Waals surface area (Å²) in [4.78, 5) is 12.5. The van der Waals surface area contributed by atoms with E-state index in [0.717, 1.165) is 31.1 Å². The first-order valence-electron chi connectivity index (χ1n) is 8.17. The van der Waals surface area contributed by atoms with Gasteiger partial charge in [0, 0.05) is 17.8 Å². The number of carbonyl (C=O) groups is 1. The van der Waals surface area contributed by atoms with Crippen molar-refractivity contribution in [2.24, 2.45) is 17.8 Å². The van der Waals surface area contributed by atoms with Crippen LogP contribution in [-0.4, -0.2) is 17.8 Å². The van der Waals surface area contributed by atoms with Crippen LogP contribution in [0.3, 0.4) is 0 Å². The maximum Gasteiger partial charge on any atom is 0.224 e. The normalized spacial score (nSPS) is 27.4. The molecule has 1 amide bonds. The molecule has 3 rings (SSSR count). The van der Waals surface area contributed by atoms with E-state index in [1.807, 2.05) is 0 Å². The molecule has 0 saturated heterocycles. The summed E-state index contributed by atoms with van der Waals surface area (Å²) in [6, 6.07) is 8.67. The van der Waals surface area contributed by atoms with Crippen LogP contribution in [0.4, 0.5) is 0 Å². The number of amides is 1. The monoisotopic (exact) mass is 349 g/mol. The third-order valence-electron chi connectivity index (χ3n) is 5.29. The Labute approximate surface area is 135 Å². The van der Waals surface area contributed by atoms with Crippen LogP contribution < -0.4 is 5.32 Å². The number of nitrogens with one attached hydrogen (secondary N) is 1. The summed E-state index contributed by atoms with van der Waals surface area (Å²) >= 11 is 3.49. The van der Waals surface area contributed by atoms with Gasteiger partial charge in [0.05, 0.1) is 0 Å². The molecule has 1 saturated carbocycles. The van der Waals surface area contributed by atoms with Crippen LogP contribution in [0.15, 0.2) is 24.3 Å². The number of halogens is 1. The van der Waals surface area contributed by atoms with Crippen molar-refractivity contribution >= 4 is 21.8 Å². The number of hydrogen-bond acceptors (Lipinski definition) is 1. The molecule has 2 nitrogen and oxygen atoms in total. The molecule has 3 heteroatoms. The van der Waals surface area contributed by atoms with Gasteiger partial charge in [0.15, 0.2) is 0 Å². The molecule has 2 aliphatic carbocycles. The molecular formula is C18H24BrNO. The van der Waals surface area contributed by atoms with Crippen molar-refractivity contribution in [3.8, 4) is 0 Å². The van der Waals surface area contributed by atoms with Gasteiger partial charge in [0.25, 0.3) is 0 Å². The number of hydrogen-bond donors (Lipinski definition) is 1. The van der Waals surface area contributed by atoms with Crippen molar-refractivity contribution in [3.05, 3.63) is 35.4 Å². The largest absolute Gasteiger partial charge is 0.356 e. The van der Waals surface area contributed by atoms with Gasteiger partial charge < -0.3 is 5.32 Å². The van der Waals surface area contributed by atoms with Crippen LogP contribution in [0.5, 0.6) is 0 Å². The Hall–Kier alpha value is -0.830.